The largest absolute Gasteiger partial charge is 0.376 e. The van der Waals surface area contributed by atoms with E-state index in [1.807, 2.05) is 13.0 Å². The Labute approximate surface area is 126 Å². The molecule has 19 heavy (non-hydrogen) atoms. The number of rotatable bonds is 5. The Morgan fingerprint density at radius 1 is 1.68 bits per heavy atom. The minimum absolute atomic E-state index is 0.0102. The van der Waals surface area contributed by atoms with Crippen molar-refractivity contribution >= 4 is 33.2 Å². The molecule has 2 atom stereocenters. The van der Waals surface area contributed by atoms with Gasteiger partial charge in [0.25, 0.3) is 5.91 Å². The lowest BCUT2D eigenvalue weighted by Crippen LogP contribution is -2.40. The fourth-order valence-corrected chi connectivity index (χ4v) is 4.16. The van der Waals surface area contributed by atoms with Gasteiger partial charge >= 0.3 is 0 Å². The zero-order valence-electron chi connectivity index (χ0n) is 11.4. The van der Waals surface area contributed by atoms with Gasteiger partial charge in [-0.1, -0.05) is 13.3 Å². The quantitative estimate of drug-likeness (QED) is 0.882. The molecule has 1 saturated heterocycles. The van der Waals surface area contributed by atoms with Gasteiger partial charge in [0.1, 0.15) is 0 Å². The van der Waals surface area contributed by atoms with Gasteiger partial charge in [-0.15, -0.1) is 11.3 Å². The summed E-state index contributed by atoms with van der Waals surface area (Å²) in [6.07, 6.45) is 4.40. The average molecular weight is 346 g/mol. The van der Waals surface area contributed by atoms with E-state index in [4.69, 9.17) is 4.74 Å². The number of ether oxygens (including phenoxy) is 1. The van der Waals surface area contributed by atoms with Crippen LogP contribution in [0.5, 0.6) is 0 Å². The van der Waals surface area contributed by atoms with Crippen molar-refractivity contribution in [3.8, 4) is 0 Å². The number of nitrogens with one attached hydrogen (secondary N) is 1. The summed E-state index contributed by atoms with van der Waals surface area (Å²) in [5.74, 6) is 0.0102. The van der Waals surface area contributed by atoms with Crippen LogP contribution in [0.1, 0.15) is 47.7 Å². The molecule has 0 bridgehead atoms. The van der Waals surface area contributed by atoms with Crippen LogP contribution in [0.15, 0.2) is 10.5 Å². The molecule has 2 heterocycles. The molecule has 0 aliphatic carbocycles. The summed E-state index contributed by atoms with van der Waals surface area (Å²) in [6.45, 7) is 4.98. The summed E-state index contributed by atoms with van der Waals surface area (Å²) in [7, 11) is 0. The number of amides is 1. The number of thiophene rings is 1. The molecule has 0 radical (unpaired) electrons. The van der Waals surface area contributed by atoms with Crippen molar-refractivity contribution in [1.82, 2.24) is 5.32 Å². The predicted molar refractivity (Wildman–Crippen MR) is 81.9 cm³/mol. The van der Waals surface area contributed by atoms with E-state index < -0.39 is 0 Å². The highest BCUT2D eigenvalue weighted by Gasteiger charge is 2.24. The second-order valence-corrected chi connectivity index (χ2v) is 6.94. The smallest absolute Gasteiger partial charge is 0.261 e. The first-order chi connectivity index (χ1) is 9.11. The predicted octanol–water partition coefficient (Wildman–Crippen LogP) is 3.76. The topological polar surface area (TPSA) is 38.3 Å². The Hall–Kier alpha value is -0.390. The van der Waals surface area contributed by atoms with Crippen molar-refractivity contribution in [1.29, 1.82) is 0 Å². The molecule has 1 aromatic heterocycles. The van der Waals surface area contributed by atoms with Gasteiger partial charge in [-0.2, -0.15) is 0 Å². The van der Waals surface area contributed by atoms with Crippen molar-refractivity contribution in [2.45, 2.75) is 51.7 Å². The van der Waals surface area contributed by atoms with Crippen LogP contribution < -0.4 is 5.32 Å². The Morgan fingerprint density at radius 3 is 3.11 bits per heavy atom. The monoisotopic (exact) mass is 345 g/mol. The van der Waals surface area contributed by atoms with E-state index in [9.17, 15) is 4.79 Å². The maximum absolute atomic E-state index is 12.2. The first kappa shape index (κ1) is 15.0. The van der Waals surface area contributed by atoms with Gasteiger partial charge in [0.15, 0.2) is 0 Å². The highest BCUT2D eigenvalue weighted by molar-refractivity contribution is 9.10. The van der Waals surface area contributed by atoms with Crippen molar-refractivity contribution in [2.24, 2.45) is 0 Å². The molecule has 106 valence electrons. The molecule has 1 fully saturated rings. The second kappa shape index (κ2) is 6.86. The van der Waals surface area contributed by atoms with Crippen LogP contribution in [0.3, 0.4) is 0 Å². The summed E-state index contributed by atoms with van der Waals surface area (Å²) in [5, 5.41) is 3.05. The van der Waals surface area contributed by atoms with Gasteiger partial charge in [0.2, 0.25) is 0 Å². The zero-order valence-corrected chi connectivity index (χ0v) is 13.8. The molecule has 1 amide bonds. The normalized spacial score (nSPS) is 20.5. The van der Waals surface area contributed by atoms with Crippen LogP contribution in [0.2, 0.25) is 0 Å². The SMILES string of the molecule is CCCc1sc(C(=O)N[C@@H](C)[C@H]2CCCO2)cc1Br. The van der Waals surface area contributed by atoms with E-state index in [1.54, 1.807) is 11.3 Å². The van der Waals surface area contributed by atoms with E-state index in [-0.39, 0.29) is 18.1 Å². The highest BCUT2D eigenvalue weighted by Crippen LogP contribution is 2.28. The van der Waals surface area contributed by atoms with E-state index in [0.29, 0.717) is 0 Å². The third-order valence-corrected chi connectivity index (χ3v) is 5.50. The van der Waals surface area contributed by atoms with Crippen molar-refractivity contribution in [3.05, 3.63) is 20.3 Å². The fraction of sp³-hybridized carbons (Fsp3) is 0.643. The van der Waals surface area contributed by atoms with Gasteiger partial charge < -0.3 is 10.1 Å². The molecule has 0 aromatic carbocycles. The Balaban J connectivity index is 1.97. The lowest BCUT2D eigenvalue weighted by molar-refractivity contribution is 0.0714. The standard InChI is InChI=1S/C14H20BrNO2S/c1-3-5-12-10(15)8-13(19-12)14(17)16-9(2)11-6-4-7-18-11/h8-9,11H,3-7H2,1-2H3,(H,16,17)/t9-,11+/m0/s1. The number of halogens is 1. The highest BCUT2D eigenvalue weighted by atomic mass is 79.9. The molecular formula is C14H20BrNO2S. The van der Waals surface area contributed by atoms with Crippen molar-refractivity contribution in [3.63, 3.8) is 0 Å². The molecule has 0 spiro atoms. The third kappa shape index (κ3) is 3.80. The average Bonchev–Trinajstić information content (AvgIpc) is 3.00. The van der Waals surface area contributed by atoms with Gasteiger partial charge in [-0.05, 0) is 48.2 Å². The van der Waals surface area contributed by atoms with Gasteiger partial charge in [-0.25, -0.2) is 0 Å². The molecule has 3 nitrogen and oxygen atoms in total. The van der Waals surface area contributed by atoms with Crippen LogP contribution in [0.4, 0.5) is 0 Å². The lowest BCUT2D eigenvalue weighted by atomic mass is 10.1. The molecule has 0 unspecified atom stereocenters. The van der Waals surface area contributed by atoms with Crippen molar-refractivity contribution < 1.29 is 9.53 Å². The molecular weight excluding hydrogens is 326 g/mol. The summed E-state index contributed by atoms with van der Waals surface area (Å²) in [4.78, 5) is 14.2. The zero-order chi connectivity index (χ0) is 13.8. The minimum atomic E-state index is 0.0102. The Bertz CT molecular complexity index is 441. The summed E-state index contributed by atoms with van der Waals surface area (Å²) < 4.78 is 6.65. The summed E-state index contributed by atoms with van der Waals surface area (Å²) in [5.41, 5.74) is 0. The first-order valence-corrected chi connectivity index (χ1v) is 8.43. The van der Waals surface area contributed by atoms with Gasteiger partial charge in [-0.3, -0.25) is 4.79 Å². The maximum Gasteiger partial charge on any atom is 0.261 e. The van der Waals surface area contributed by atoms with Gasteiger partial charge in [0.05, 0.1) is 17.0 Å². The number of hydrogen-bond acceptors (Lipinski definition) is 3. The molecule has 2 rings (SSSR count). The van der Waals surface area contributed by atoms with E-state index in [0.717, 1.165) is 41.6 Å². The number of carbonyl (C=O) groups excluding carboxylic acids is 1. The van der Waals surface area contributed by atoms with Crippen LogP contribution >= 0.6 is 27.3 Å². The van der Waals surface area contributed by atoms with Crippen LogP contribution in [-0.2, 0) is 11.2 Å². The fourth-order valence-electron chi connectivity index (χ4n) is 2.28. The molecule has 0 saturated carbocycles. The van der Waals surface area contributed by atoms with Crippen LogP contribution in [-0.4, -0.2) is 24.7 Å². The number of aryl methyl sites for hydroxylation is 1. The maximum atomic E-state index is 12.2. The summed E-state index contributed by atoms with van der Waals surface area (Å²) >= 11 is 5.10. The van der Waals surface area contributed by atoms with Crippen LogP contribution in [0, 0.1) is 0 Å². The van der Waals surface area contributed by atoms with E-state index in [2.05, 4.69) is 28.2 Å². The summed E-state index contributed by atoms with van der Waals surface area (Å²) in [6, 6.07) is 2.00. The lowest BCUT2D eigenvalue weighted by Gasteiger charge is -2.19. The molecule has 1 aromatic rings. The minimum Gasteiger partial charge on any atom is -0.376 e. The molecule has 1 aliphatic rings. The van der Waals surface area contributed by atoms with E-state index >= 15 is 0 Å². The molecule has 1 aliphatic heterocycles. The number of carbonyl (C=O) groups is 1. The third-order valence-electron chi connectivity index (χ3n) is 3.34. The Kier molecular flexibility index (Phi) is 5.42. The number of hydrogen-bond donors (Lipinski definition) is 1. The van der Waals surface area contributed by atoms with Crippen molar-refractivity contribution in [2.75, 3.05) is 6.61 Å². The van der Waals surface area contributed by atoms with Crippen LogP contribution in [0.25, 0.3) is 0 Å². The van der Waals surface area contributed by atoms with E-state index in [1.165, 1.54) is 4.88 Å². The first-order valence-electron chi connectivity index (χ1n) is 6.82. The molecule has 1 N–H and O–H groups in total. The molecule has 5 heteroatoms. The van der Waals surface area contributed by atoms with Gasteiger partial charge in [0, 0.05) is 16.0 Å². The second-order valence-electron chi connectivity index (χ2n) is 4.95. The Morgan fingerprint density at radius 2 is 2.47 bits per heavy atom.